The van der Waals surface area contributed by atoms with E-state index in [1.54, 1.807) is 29.1 Å². The molecule has 5 N–H and O–H groups in total. The Bertz CT molecular complexity index is 1530. The zero-order valence-corrected chi connectivity index (χ0v) is 20.7. The van der Waals surface area contributed by atoms with Gasteiger partial charge in [0.25, 0.3) is 5.91 Å². The largest absolute Gasteiger partial charge is 0.421 e. The monoisotopic (exact) mass is 504 g/mol. The highest BCUT2D eigenvalue weighted by atomic mass is 35.5. The molecule has 1 amide bonds. The van der Waals surface area contributed by atoms with E-state index in [9.17, 15) is 4.79 Å². The number of hydrogen-bond acceptors (Lipinski definition) is 8. The summed E-state index contributed by atoms with van der Waals surface area (Å²) >= 11 is 6.61. The first-order valence-corrected chi connectivity index (χ1v) is 11.7. The van der Waals surface area contributed by atoms with E-state index in [4.69, 9.17) is 26.7 Å². The molecule has 5 rings (SSSR count). The molecule has 0 fully saturated rings. The molecule has 0 saturated carbocycles. The lowest BCUT2D eigenvalue weighted by Gasteiger charge is -2.27. The fourth-order valence-corrected chi connectivity index (χ4v) is 4.42. The van der Waals surface area contributed by atoms with Crippen molar-refractivity contribution in [1.82, 2.24) is 25.4 Å². The lowest BCUT2D eigenvalue weighted by atomic mass is 9.95. The van der Waals surface area contributed by atoms with Crippen LogP contribution < -0.4 is 21.7 Å². The number of aromatic nitrogens is 3. The van der Waals surface area contributed by atoms with Crippen LogP contribution in [0.4, 0.5) is 11.7 Å². The van der Waals surface area contributed by atoms with Gasteiger partial charge in [-0.3, -0.25) is 14.8 Å². The van der Waals surface area contributed by atoms with Crippen molar-refractivity contribution >= 4 is 46.3 Å². The van der Waals surface area contributed by atoms with Gasteiger partial charge in [0.1, 0.15) is 11.6 Å². The predicted molar refractivity (Wildman–Crippen MR) is 139 cm³/mol. The number of nitrogens with one attached hydrogen (secondary N) is 3. The summed E-state index contributed by atoms with van der Waals surface area (Å²) in [7, 11) is 1.83. The summed E-state index contributed by atoms with van der Waals surface area (Å²) < 4.78 is 7.47. The highest BCUT2D eigenvalue weighted by Gasteiger charge is 2.31. The average Bonchev–Trinajstić information content (AvgIpc) is 3.43. The summed E-state index contributed by atoms with van der Waals surface area (Å²) in [5.41, 5.74) is 11.3. The number of anilines is 2. The number of aliphatic imine (C=N–C) groups is 1. The molecule has 2 aromatic heterocycles. The van der Waals surface area contributed by atoms with Crippen LogP contribution in [0.3, 0.4) is 0 Å². The minimum atomic E-state index is -0.662. The van der Waals surface area contributed by atoms with Crippen LogP contribution in [0.25, 0.3) is 11.1 Å². The van der Waals surface area contributed by atoms with Gasteiger partial charge in [0.2, 0.25) is 5.96 Å². The fourth-order valence-electron chi connectivity index (χ4n) is 4.08. The van der Waals surface area contributed by atoms with Crippen molar-refractivity contribution in [2.24, 2.45) is 12.0 Å². The first-order chi connectivity index (χ1) is 17.3. The van der Waals surface area contributed by atoms with Crippen LogP contribution >= 0.6 is 11.6 Å². The zero-order chi connectivity index (χ0) is 25.4. The Morgan fingerprint density at radius 3 is 2.83 bits per heavy atom. The summed E-state index contributed by atoms with van der Waals surface area (Å²) in [5, 5.41) is 13.8. The third-order valence-electron chi connectivity index (χ3n) is 5.82. The minimum absolute atomic E-state index is 0.222. The molecule has 1 atom stereocenters. The number of carbonyl (C=O) groups excluding carboxylic acids is 1. The zero-order valence-electron chi connectivity index (χ0n) is 20.0. The summed E-state index contributed by atoms with van der Waals surface area (Å²) in [4.78, 5) is 22.6. The third-order valence-corrected chi connectivity index (χ3v) is 6.15. The molecule has 1 aliphatic heterocycles. The van der Waals surface area contributed by atoms with E-state index < -0.39 is 6.04 Å². The molecule has 0 aliphatic carbocycles. The summed E-state index contributed by atoms with van der Waals surface area (Å²) in [6, 6.07) is 10.6. The van der Waals surface area contributed by atoms with Gasteiger partial charge in [0.15, 0.2) is 5.58 Å². The fraction of sp³-hybridized carbons (Fsp3) is 0.200. The van der Waals surface area contributed by atoms with Crippen LogP contribution in [0.2, 0.25) is 5.02 Å². The molecule has 0 unspecified atom stereocenters. The first kappa shape index (κ1) is 23.4. The Labute approximate surface area is 212 Å². The number of halogens is 1. The van der Waals surface area contributed by atoms with Crippen molar-refractivity contribution in [3.8, 4) is 0 Å². The van der Waals surface area contributed by atoms with E-state index in [0.29, 0.717) is 51.1 Å². The maximum atomic E-state index is 13.4. The van der Waals surface area contributed by atoms with Gasteiger partial charge >= 0.3 is 6.01 Å². The average molecular weight is 505 g/mol. The number of allylic oxidation sites excluding steroid dienone is 1. The number of fused-ring (bicyclic) bond motifs is 1. The van der Waals surface area contributed by atoms with Crippen molar-refractivity contribution in [3.05, 3.63) is 81.8 Å². The molecular weight excluding hydrogens is 480 g/mol. The van der Waals surface area contributed by atoms with Gasteiger partial charge in [-0.15, -0.1) is 0 Å². The van der Waals surface area contributed by atoms with Crippen LogP contribution in [0.15, 0.2) is 69.5 Å². The van der Waals surface area contributed by atoms with E-state index in [1.807, 2.05) is 45.3 Å². The quantitative estimate of drug-likeness (QED) is 0.303. The van der Waals surface area contributed by atoms with Gasteiger partial charge in [-0.1, -0.05) is 29.8 Å². The summed E-state index contributed by atoms with van der Waals surface area (Å²) in [6.45, 7) is 4.10. The van der Waals surface area contributed by atoms with Crippen LogP contribution in [-0.4, -0.2) is 26.6 Å². The Balaban J connectivity index is 1.47. The topological polar surface area (TPSA) is 135 Å². The number of guanidine groups is 1. The van der Waals surface area contributed by atoms with Crippen molar-refractivity contribution in [2.45, 2.75) is 26.4 Å². The van der Waals surface area contributed by atoms with Gasteiger partial charge in [-0.05, 0) is 37.6 Å². The van der Waals surface area contributed by atoms with E-state index in [-0.39, 0.29) is 11.9 Å². The smallest absolute Gasteiger partial charge is 0.302 e. The normalized spacial score (nSPS) is 15.6. The second-order valence-corrected chi connectivity index (χ2v) is 9.02. The maximum Gasteiger partial charge on any atom is 0.302 e. The lowest BCUT2D eigenvalue weighted by Crippen LogP contribution is -2.39. The molecule has 2 aromatic carbocycles. The van der Waals surface area contributed by atoms with E-state index in [1.165, 1.54) is 0 Å². The number of nitrogens with two attached hydrogens (primary N) is 1. The van der Waals surface area contributed by atoms with Crippen molar-refractivity contribution in [2.75, 3.05) is 11.1 Å². The summed E-state index contributed by atoms with van der Waals surface area (Å²) in [6.07, 6.45) is 3.56. The molecule has 1 aliphatic rings. The number of benzene rings is 2. The SMILES string of the molecule is CC1=C(C(=O)NCc2cnn(C)c2)[C@H](c2ccc(C)cc2Cl)N=C(Nc2nc3cccc(N)c3o2)N1. The number of hydrogen-bond donors (Lipinski definition) is 4. The molecule has 11 heteroatoms. The van der Waals surface area contributed by atoms with Crippen LogP contribution in [0, 0.1) is 6.92 Å². The maximum absolute atomic E-state index is 13.4. The van der Waals surface area contributed by atoms with Crippen molar-refractivity contribution < 1.29 is 9.21 Å². The number of para-hydroxylation sites is 1. The Hall–Kier alpha value is -4.31. The van der Waals surface area contributed by atoms with E-state index in [0.717, 1.165) is 11.1 Å². The Kier molecular flexibility index (Phi) is 6.11. The third kappa shape index (κ3) is 4.63. The number of carbonyl (C=O) groups is 1. The molecule has 0 saturated heterocycles. The second-order valence-electron chi connectivity index (χ2n) is 8.61. The van der Waals surface area contributed by atoms with E-state index >= 15 is 0 Å². The molecular formula is C25H25ClN8O2. The van der Waals surface area contributed by atoms with Crippen molar-refractivity contribution in [1.29, 1.82) is 0 Å². The molecule has 0 spiro atoms. The molecule has 36 heavy (non-hydrogen) atoms. The predicted octanol–water partition coefficient (Wildman–Crippen LogP) is 3.81. The first-order valence-electron chi connectivity index (χ1n) is 11.3. The number of nitrogen functional groups attached to an aromatic ring is 1. The van der Waals surface area contributed by atoms with Gasteiger partial charge < -0.3 is 20.8 Å². The van der Waals surface area contributed by atoms with Gasteiger partial charge in [0, 0.05) is 41.6 Å². The van der Waals surface area contributed by atoms with Gasteiger partial charge in [-0.25, -0.2) is 4.99 Å². The number of nitrogens with zero attached hydrogens (tertiary/aromatic N) is 4. The van der Waals surface area contributed by atoms with Crippen molar-refractivity contribution in [3.63, 3.8) is 0 Å². The number of aryl methyl sites for hydroxylation is 2. The number of oxazole rings is 1. The molecule has 0 radical (unpaired) electrons. The second kappa shape index (κ2) is 9.38. The molecule has 184 valence electrons. The molecule has 0 bridgehead atoms. The lowest BCUT2D eigenvalue weighted by molar-refractivity contribution is -0.118. The molecule has 10 nitrogen and oxygen atoms in total. The molecule has 3 heterocycles. The highest BCUT2D eigenvalue weighted by Crippen LogP contribution is 2.35. The highest BCUT2D eigenvalue weighted by molar-refractivity contribution is 6.31. The van der Waals surface area contributed by atoms with Gasteiger partial charge in [0.05, 0.1) is 17.5 Å². The van der Waals surface area contributed by atoms with Crippen LogP contribution in [-0.2, 0) is 18.4 Å². The van der Waals surface area contributed by atoms with Gasteiger partial charge in [-0.2, -0.15) is 10.1 Å². The van der Waals surface area contributed by atoms with E-state index in [2.05, 4.69) is 26.0 Å². The van der Waals surface area contributed by atoms with Crippen LogP contribution in [0.5, 0.6) is 0 Å². The standard InChI is InChI=1S/C25H25ClN8O2/c1-13-7-8-16(17(26)9-13)21-20(23(35)28-10-15-11-29-34(3)12-15)14(2)30-24(32-21)33-25-31-19-6-4-5-18(27)22(19)36-25/h4-9,11-12,21H,10,27H2,1-3H3,(H,28,35)(H2,30,31,32,33)/t21-/m0/s1. The Morgan fingerprint density at radius 1 is 1.28 bits per heavy atom. The minimum Gasteiger partial charge on any atom is -0.421 e. The number of rotatable bonds is 5. The number of amides is 1. The van der Waals surface area contributed by atoms with Crippen LogP contribution in [0.1, 0.15) is 29.7 Å². The molecule has 4 aromatic rings. The Morgan fingerprint density at radius 2 is 2.11 bits per heavy atom. The summed E-state index contributed by atoms with van der Waals surface area (Å²) in [5.74, 6) is 0.103.